The average Bonchev–Trinajstić information content (AvgIpc) is 3.45. The van der Waals surface area contributed by atoms with Gasteiger partial charge in [0.05, 0.1) is 4.91 Å². The molecule has 4 bridgehead atoms. The number of hydrogen-bond donors (Lipinski definition) is 1. The van der Waals surface area contributed by atoms with Crippen molar-refractivity contribution in [3.05, 3.63) is 51.6 Å². The minimum Gasteiger partial charge on any atom is -0.456 e. The number of nitrogens with one attached hydrogen (secondary N) is 1. The van der Waals surface area contributed by atoms with Gasteiger partial charge in [0.15, 0.2) is 0 Å². The highest BCUT2D eigenvalue weighted by Gasteiger charge is 2.53. The molecule has 6 fully saturated rings. The van der Waals surface area contributed by atoms with Crippen LogP contribution in [-0.4, -0.2) is 58.8 Å². The average molecular weight is 619 g/mol. The van der Waals surface area contributed by atoms with E-state index in [1.165, 1.54) is 43.9 Å². The van der Waals surface area contributed by atoms with Gasteiger partial charge in [-0.25, -0.2) is 0 Å². The molecule has 2 aromatic rings. The van der Waals surface area contributed by atoms with Crippen LogP contribution in [0.25, 0.3) is 17.4 Å². The molecule has 5 nitrogen and oxygen atoms in total. The van der Waals surface area contributed by atoms with E-state index in [0.717, 1.165) is 84.4 Å². The maximum Gasteiger partial charge on any atom is 0.266 e. The monoisotopic (exact) mass is 617 g/mol. The Balaban J connectivity index is 0.00000289. The van der Waals surface area contributed by atoms with Crippen LogP contribution in [-0.2, 0) is 11.2 Å². The third-order valence-corrected chi connectivity index (χ3v) is 11.2. The van der Waals surface area contributed by atoms with Crippen LogP contribution in [0.1, 0.15) is 49.8 Å². The number of thiocarbonyl (C=S) groups is 1. The fourth-order valence-corrected chi connectivity index (χ4v) is 9.56. The van der Waals surface area contributed by atoms with Crippen LogP contribution in [0.15, 0.2) is 39.7 Å². The number of carbonyl (C=O) groups is 1. The molecule has 0 spiro atoms. The Morgan fingerprint density at radius 2 is 1.73 bits per heavy atom. The van der Waals surface area contributed by atoms with Gasteiger partial charge in [-0.1, -0.05) is 35.6 Å². The van der Waals surface area contributed by atoms with E-state index in [1.807, 2.05) is 35.2 Å². The molecule has 1 aromatic heterocycles. The highest BCUT2D eigenvalue weighted by atomic mass is 35.5. The fourth-order valence-electron chi connectivity index (χ4n) is 8.12. The molecule has 9 heteroatoms. The van der Waals surface area contributed by atoms with Crippen LogP contribution in [0.3, 0.4) is 0 Å². The number of hydrogen-bond acceptors (Lipinski definition) is 6. The van der Waals surface area contributed by atoms with Gasteiger partial charge >= 0.3 is 0 Å². The first-order valence-electron chi connectivity index (χ1n) is 14.6. The second-order valence-electron chi connectivity index (χ2n) is 12.2. The fraction of sp³-hybridized carbons (Fsp3) is 0.548. The van der Waals surface area contributed by atoms with E-state index >= 15 is 0 Å². The Morgan fingerprint density at radius 3 is 2.40 bits per heavy atom. The van der Waals surface area contributed by atoms with E-state index in [2.05, 4.69) is 16.3 Å². The van der Waals surface area contributed by atoms with Crippen molar-refractivity contribution < 1.29 is 9.21 Å². The molecule has 0 radical (unpaired) electrons. The van der Waals surface area contributed by atoms with Gasteiger partial charge in [0, 0.05) is 48.9 Å². The number of halogens is 2. The summed E-state index contributed by atoms with van der Waals surface area (Å²) in [5.74, 6) is 4.65. The summed E-state index contributed by atoms with van der Waals surface area (Å²) in [5, 5.41) is 4.13. The van der Waals surface area contributed by atoms with Crippen molar-refractivity contribution in [2.45, 2.75) is 51.0 Å². The van der Waals surface area contributed by atoms with Crippen LogP contribution in [0, 0.1) is 23.7 Å². The third-order valence-electron chi connectivity index (χ3n) is 9.66. The number of furan rings is 1. The lowest BCUT2D eigenvalue weighted by Crippen LogP contribution is -2.57. The number of nitrogens with zero attached hydrogens (tertiary/aromatic N) is 2. The van der Waals surface area contributed by atoms with E-state index in [4.69, 9.17) is 28.2 Å². The topological polar surface area (TPSA) is 48.7 Å². The Kier molecular flexibility index (Phi) is 8.70. The largest absolute Gasteiger partial charge is 0.456 e. The van der Waals surface area contributed by atoms with Gasteiger partial charge in [0.1, 0.15) is 15.8 Å². The smallest absolute Gasteiger partial charge is 0.266 e. The van der Waals surface area contributed by atoms with Crippen LogP contribution < -0.4 is 5.32 Å². The highest BCUT2D eigenvalue weighted by Crippen LogP contribution is 2.56. The minimum atomic E-state index is 0. The molecule has 8 rings (SSSR count). The van der Waals surface area contributed by atoms with Gasteiger partial charge in [0.25, 0.3) is 5.91 Å². The molecule has 214 valence electrons. The number of benzene rings is 1. The SMILES string of the molecule is Cl.O=C1/C(=C/c2oc(-c3ccc(Cl)cc3)cc2CCCN2CCNCC2)SC(=S)N1C1C2CC3CC(C2)CC1C3. The summed E-state index contributed by atoms with van der Waals surface area (Å²) in [5.41, 5.74) is 2.14. The zero-order chi connectivity index (χ0) is 26.5. The molecular weight excluding hydrogens is 581 g/mol. The maximum absolute atomic E-state index is 13.9. The molecule has 40 heavy (non-hydrogen) atoms. The quantitative estimate of drug-likeness (QED) is 0.270. The molecule has 2 aliphatic heterocycles. The van der Waals surface area contributed by atoms with Crippen molar-refractivity contribution in [3.8, 4) is 11.3 Å². The summed E-state index contributed by atoms with van der Waals surface area (Å²) in [6.07, 6.45) is 10.4. The van der Waals surface area contributed by atoms with Crippen LogP contribution in [0.4, 0.5) is 0 Å². The van der Waals surface area contributed by atoms with Crippen LogP contribution in [0.5, 0.6) is 0 Å². The van der Waals surface area contributed by atoms with Crippen molar-refractivity contribution in [1.29, 1.82) is 0 Å². The Bertz CT molecular complexity index is 1260. The molecular formula is C31H37Cl2N3O2S2. The summed E-state index contributed by atoms with van der Waals surface area (Å²) in [6, 6.07) is 10.2. The number of amides is 1. The van der Waals surface area contributed by atoms with E-state index in [9.17, 15) is 4.79 Å². The lowest BCUT2D eigenvalue weighted by Gasteiger charge is -2.56. The van der Waals surface area contributed by atoms with Gasteiger partial charge in [-0.2, -0.15) is 0 Å². The lowest BCUT2D eigenvalue weighted by molar-refractivity contribution is -0.130. The number of carbonyl (C=O) groups excluding carboxylic acids is 1. The Hall–Kier alpha value is -1.35. The number of aryl methyl sites for hydroxylation is 1. The lowest BCUT2D eigenvalue weighted by atomic mass is 9.54. The van der Waals surface area contributed by atoms with Gasteiger partial charge in [-0.3, -0.25) is 9.69 Å². The first-order valence-corrected chi connectivity index (χ1v) is 16.2. The van der Waals surface area contributed by atoms with Gasteiger partial charge < -0.3 is 14.6 Å². The predicted molar refractivity (Wildman–Crippen MR) is 170 cm³/mol. The molecule has 2 saturated heterocycles. The second kappa shape index (κ2) is 12.1. The van der Waals surface area contributed by atoms with Gasteiger partial charge in [0.2, 0.25) is 0 Å². The van der Waals surface area contributed by atoms with Crippen molar-refractivity contribution >= 4 is 64.3 Å². The predicted octanol–water partition coefficient (Wildman–Crippen LogP) is 6.89. The van der Waals surface area contributed by atoms with Crippen LogP contribution in [0.2, 0.25) is 5.02 Å². The summed E-state index contributed by atoms with van der Waals surface area (Å²) >= 11 is 13.5. The maximum atomic E-state index is 13.9. The summed E-state index contributed by atoms with van der Waals surface area (Å²) in [4.78, 5) is 19.1. The molecule has 0 atom stereocenters. The van der Waals surface area contributed by atoms with E-state index in [-0.39, 0.29) is 24.4 Å². The normalized spacial score (nSPS) is 30.9. The molecule has 0 unspecified atom stereocenters. The molecule has 4 aliphatic carbocycles. The summed E-state index contributed by atoms with van der Waals surface area (Å²) < 4.78 is 7.16. The van der Waals surface area contributed by atoms with Gasteiger partial charge in [-0.05, 0) is 111 Å². The number of thioether (sulfide) groups is 1. The Morgan fingerprint density at radius 1 is 1.05 bits per heavy atom. The van der Waals surface area contributed by atoms with E-state index in [1.54, 1.807) is 0 Å². The zero-order valence-corrected chi connectivity index (χ0v) is 25.9. The summed E-state index contributed by atoms with van der Waals surface area (Å²) in [7, 11) is 0. The molecule has 6 aliphatic rings. The van der Waals surface area contributed by atoms with E-state index < -0.39 is 0 Å². The summed E-state index contributed by atoms with van der Waals surface area (Å²) in [6.45, 7) is 5.38. The van der Waals surface area contributed by atoms with Crippen LogP contribution >= 0.6 is 48.0 Å². The second-order valence-corrected chi connectivity index (χ2v) is 14.3. The molecule has 4 saturated carbocycles. The highest BCUT2D eigenvalue weighted by molar-refractivity contribution is 8.26. The number of rotatable bonds is 7. The van der Waals surface area contributed by atoms with Crippen molar-refractivity contribution in [2.24, 2.45) is 23.7 Å². The first-order chi connectivity index (χ1) is 19.0. The standard InChI is InChI=1S/C31H36ClN3O2S2.ClH/c32-25-5-3-21(4-6-25)26-17-22(2-1-9-34-10-7-33-8-11-34)27(37-26)18-28-30(36)35(31(38)39-28)29-23-13-19-12-20(15-23)16-24(29)14-19;/h3-6,17-20,23-24,29,33H,1-2,7-16H2;1H/b28-18-;. The molecule has 1 amide bonds. The number of piperazine rings is 1. The molecule has 1 N–H and O–H groups in total. The van der Waals surface area contributed by atoms with Crippen molar-refractivity contribution in [3.63, 3.8) is 0 Å². The first kappa shape index (κ1) is 28.8. The van der Waals surface area contributed by atoms with E-state index in [0.29, 0.717) is 21.8 Å². The third kappa shape index (κ3) is 5.67. The zero-order valence-electron chi connectivity index (χ0n) is 22.6. The Labute approximate surface area is 257 Å². The molecule has 1 aromatic carbocycles. The van der Waals surface area contributed by atoms with Crippen molar-refractivity contribution in [1.82, 2.24) is 15.1 Å². The minimum absolute atomic E-state index is 0. The van der Waals surface area contributed by atoms with Gasteiger partial charge in [-0.15, -0.1) is 12.4 Å². The molecule has 3 heterocycles. The van der Waals surface area contributed by atoms with Crippen molar-refractivity contribution in [2.75, 3.05) is 32.7 Å².